The van der Waals surface area contributed by atoms with Crippen LogP contribution in [0, 0.1) is 10.1 Å². The van der Waals surface area contributed by atoms with Crippen molar-refractivity contribution in [3.05, 3.63) is 87.1 Å². The van der Waals surface area contributed by atoms with Crippen LogP contribution in [0.3, 0.4) is 0 Å². The lowest BCUT2D eigenvalue weighted by atomic mass is 10.1. The zero-order valence-electron chi connectivity index (χ0n) is 17.9. The first-order valence-electron chi connectivity index (χ1n) is 10.4. The van der Waals surface area contributed by atoms with E-state index in [9.17, 15) is 19.7 Å². The van der Waals surface area contributed by atoms with E-state index in [1.165, 1.54) is 12.1 Å². The fraction of sp³-hybridized carbons (Fsp3) is 0.0833. The number of hydrogen-bond acceptors (Lipinski definition) is 7. The average molecular weight is 494 g/mol. The number of nitrogens with zero attached hydrogens (tertiary/aromatic N) is 1. The Morgan fingerprint density at radius 1 is 0.914 bits per heavy atom. The number of amides is 2. The van der Waals surface area contributed by atoms with Crippen LogP contribution in [0.25, 0.3) is 11.0 Å². The minimum atomic E-state index is -0.682. The summed E-state index contributed by atoms with van der Waals surface area (Å²) >= 11 is 5.85. The van der Waals surface area contributed by atoms with E-state index in [2.05, 4.69) is 10.6 Å². The summed E-state index contributed by atoms with van der Waals surface area (Å²) in [4.78, 5) is 36.6. The van der Waals surface area contributed by atoms with Gasteiger partial charge in [0.1, 0.15) is 29.5 Å². The highest BCUT2D eigenvalue weighted by Crippen LogP contribution is 2.35. The van der Waals surface area contributed by atoms with Crippen LogP contribution in [0.15, 0.2) is 65.1 Å². The highest BCUT2D eigenvalue weighted by Gasteiger charge is 2.24. The summed E-state index contributed by atoms with van der Waals surface area (Å²) in [5.41, 5.74) is 0.512. The van der Waals surface area contributed by atoms with E-state index < -0.39 is 22.4 Å². The van der Waals surface area contributed by atoms with E-state index in [1.807, 2.05) is 0 Å². The Hall–Kier alpha value is -4.57. The van der Waals surface area contributed by atoms with E-state index in [1.54, 1.807) is 42.5 Å². The molecular weight excluding hydrogens is 478 g/mol. The maximum atomic E-state index is 13.1. The molecule has 4 aromatic rings. The van der Waals surface area contributed by atoms with Gasteiger partial charge in [-0.25, -0.2) is 0 Å². The predicted molar refractivity (Wildman–Crippen MR) is 128 cm³/mol. The standard InChI is InChI=1S/C24H16ClN3O7/c25-16-7-5-13(11-17(16)28(31)32)23(29)27-21-15-3-1-2-4-18(15)35-22(21)24(30)26-14-6-8-19-20(12-14)34-10-9-33-19/h1-8,11-12H,9-10H2,(H,26,30)(H,27,29). The molecule has 0 aliphatic carbocycles. The minimum Gasteiger partial charge on any atom is -0.486 e. The minimum absolute atomic E-state index is 0.00965. The molecule has 10 nitrogen and oxygen atoms in total. The summed E-state index contributed by atoms with van der Waals surface area (Å²) in [5, 5.41) is 17.0. The van der Waals surface area contributed by atoms with Crippen LogP contribution in [0.1, 0.15) is 20.9 Å². The molecule has 176 valence electrons. The zero-order chi connectivity index (χ0) is 24.5. The summed E-state index contributed by atoms with van der Waals surface area (Å²) in [7, 11) is 0. The fourth-order valence-corrected chi connectivity index (χ4v) is 3.80. The number of nitro benzene ring substituents is 1. The summed E-state index contributed by atoms with van der Waals surface area (Å²) in [6.07, 6.45) is 0. The number of ether oxygens (including phenoxy) is 2. The van der Waals surface area contributed by atoms with Crippen LogP contribution in [-0.4, -0.2) is 30.0 Å². The number of anilines is 2. The van der Waals surface area contributed by atoms with Crippen molar-refractivity contribution < 1.29 is 28.4 Å². The molecule has 1 aliphatic rings. The van der Waals surface area contributed by atoms with Crippen molar-refractivity contribution in [2.45, 2.75) is 0 Å². The number of halogens is 1. The van der Waals surface area contributed by atoms with Crippen molar-refractivity contribution in [2.24, 2.45) is 0 Å². The Morgan fingerprint density at radius 2 is 1.69 bits per heavy atom. The van der Waals surface area contributed by atoms with E-state index in [4.69, 9.17) is 25.5 Å². The van der Waals surface area contributed by atoms with Gasteiger partial charge in [0.05, 0.1) is 4.92 Å². The lowest BCUT2D eigenvalue weighted by molar-refractivity contribution is -0.384. The third kappa shape index (κ3) is 4.34. The van der Waals surface area contributed by atoms with Crippen LogP contribution in [0.5, 0.6) is 11.5 Å². The second kappa shape index (κ2) is 8.99. The molecular formula is C24H16ClN3O7. The smallest absolute Gasteiger partial charge is 0.293 e. The SMILES string of the molecule is O=C(Nc1c(C(=O)Nc2ccc3c(c2)OCCO3)oc2ccccc12)c1ccc(Cl)c([N+](=O)[O-])c1. The molecule has 0 atom stereocenters. The zero-order valence-corrected chi connectivity index (χ0v) is 18.6. The molecule has 5 rings (SSSR count). The van der Waals surface area contributed by atoms with Gasteiger partial charge < -0.3 is 24.5 Å². The number of carbonyl (C=O) groups is 2. The molecule has 0 spiro atoms. The maximum Gasteiger partial charge on any atom is 0.293 e. The summed E-state index contributed by atoms with van der Waals surface area (Å²) in [5.74, 6) is -0.364. The van der Waals surface area contributed by atoms with Crippen LogP contribution in [0.2, 0.25) is 5.02 Å². The molecule has 0 fully saturated rings. The van der Waals surface area contributed by atoms with Gasteiger partial charge in [-0.05, 0) is 36.4 Å². The molecule has 0 saturated heterocycles. The highest BCUT2D eigenvalue weighted by molar-refractivity contribution is 6.32. The number of nitrogens with one attached hydrogen (secondary N) is 2. The first-order valence-corrected chi connectivity index (χ1v) is 10.8. The topological polar surface area (TPSA) is 133 Å². The van der Waals surface area contributed by atoms with Gasteiger partial charge in [0.25, 0.3) is 17.5 Å². The lowest BCUT2D eigenvalue weighted by Crippen LogP contribution is -2.18. The normalized spacial score (nSPS) is 12.3. The van der Waals surface area contributed by atoms with E-state index in [0.29, 0.717) is 41.4 Å². The molecule has 11 heteroatoms. The van der Waals surface area contributed by atoms with Gasteiger partial charge in [-0.1, -0.05) is 23.7 Å². The molecule has 1 aliphatic heterocycles. The van der Waals surface area contributed by atoms with Crippen LogP contribution < -0.4 is 20.1 Å². The van der Waals surface area contributed by atoms with Crippen molar-refractivity contribution in [2.75, 3.05) is 23.8 Å². The van der Waals surface area contributed by atoms with E-state index >= 15 is 0 Å². The molecule has 2 N–H and O–H groups in total. The van der Waals surface area contributed by atoms with Crippen molar-refractivity contribution in [1.29, 1.82) is 0 Å². The third-order valence-electron chi connectivity index (χ3n) is 5.25. The second-order valence-corrected chi connectivity index (χ2v) is 7.90. The highest BCUT2D eigenvalue weighted by atomic mass is 35.5. The Bertz CT molecular complexity index is 1500. The molecule has 0 saturated carbocycles. The first-order chi connectivity index (χ1) is 16.9. The third-order valence-corrected chi connectivity index (χ3v) is 5.56. The average Bonchev–Trinajstić information content (AvgIpc) is 3.22. The summed E-state index contributed by atoms with van der Waals surface area (Å²) < 4.78 is 16.8. The van der Waals surface area contributed by atoms with Gasteiger partial charge >= 0.3 is 0 Å². The number of nitro groups is 1. The second-order valence-electron chi connectivity index (χ2n) is 7.49. The molecule has 0 unspecified atom stereocenters. The van der Waals surface area contributed by atoms with Crippen LogP contribution >= 0.6 is 11.6 Å². The van der Waals surface area contributed by atoms with Crippen molar-refractivity contribution in [3.8, 4) is 11.5 Å². The maximum absolute atomic E-state index is 13.1. The Balaban J connectivity index is 1.47. The Kier molecular flexibility index (Phi) is 5.71. The van der Waals surface area contributed by atoms with Crippen molar-refractivity contribution >= 4 is 51.4 Å². The van der Waals surface area contributed by atoms with Crippen LogP contribution in [0.4, 0.5) is 17.1 Å². The van der Waals surface area contributed by atoms with Gasteiger partial charge in [-0.15, -0.1) is 0 Å². The van der Waals surface area contributed by atoms with Gasteiger partial charge in [-0.3, -0.25) is 19.7 Å². The largest absolute Gasteiger partial charge is 0.486 e. The number of fused-ring (bicyclic) bond motifs is 2. The number of para-hydroxylation sites is 1. The predicted octanol–water partition coefficient (Wildman–Crippen LogP) is 5.27. The Labute approximate surface area is 202 Å². The number of carbonyl (C=O) groups excluding carboxylic acids is 2. The van der Waals surface area contributed by atoms with Gasteiger partial charge in [0.2, 0.25) is 5.76 Å². The molecule has 0 bridgehead atoms. The number of rotatable bonds is 5. The van der Waals surface area contributed by atoms with E-state index in [-0.39, 0.29) is 22.0 Å². The molecule has 3 aromatic carbocycles. The molecule has 1 aromatic heterocycles. The Morgan fingerprint density at radius 3 is 2.49 bits per heavy atom. The van der Waals surface area contributed by atoms with Crippen molar-refractivity contribution in [1.82, 2.24) is 0 Å². The number of hydrogen-bond donors (Lipinski definition) is 2. The number of benzene rings is 3. The molecule has 2 heterocycles. The first kappa shape index (κ1) is 22.2. The van der Waals surface area contributed by atoms with Crippen LogP contribution in [-0.2, 0) is 0 Å². The van der Waals surface area contributed by atoms with Crippen molar-refractivity contribution in [3.63, 3.8) is 0 Å². The fourth-order valence-electron chi connectivity index (χ4n) is 3.62. The summed E-state index contributed by atoms with van der Waals surface area (Å²) in [6.45, 7) is 0.838. The van der Waals surface area contributed by atoms with Gasteiger partial charge in [0, 0.05) is 28.8 Å². The monoisotopic (exact) mass is 493 g/mol. The van der Waals surface area contributed by atoms with Gasteiger partial charge in [-0.2, -0.15) is 0 Å². The number of furan rings is 1. The molecule has 0 radical (unpaired) electrons. The molecule has 35 heavy (non-hydrogen) atoms. The van der Waals surface area contributed by atoms with E-state index in [0.717, 1.165) is 6.07 Å². The summed E-state index contributed by atoms with van der Waals surface area (Å²) in [6, 6.07) is 15.4. The molecule has 2 amide bonds. The quantitative estimate of drug-likeness (QED) is 0.286. The van der Waals surface area contributed by atoms with Gasteiger partial charge in [0.15, 0.2) is 11.5 Å². The lowest BCUT2D eigenvalue weighted by Gasteiger charge is -2.18.